The number of aromatic nitrogens is 1. The van der Waals surface area contributed by atoms with Crippen LogP contribution in [-0.4, -0.2) is 29.5 Å². The Morgan fingerprint density at radius 1 is 1.22 bits per heavy atom. The van der Waals surface area contributed by atoms with Crippen LogP contribution in [0.25, 0.3) is 0 Å². The summed E-state index contributed by atoms with van der Waals surface area (Å²) in [6, 6.07) is 3.86. The fourth-order valence-corrected chi connectivity index (χ4v) is 2.68. The van der Waals surface area contributed by atoms with Crippen LogP contribution in [0.3, 0.4) is 0 Å². The lowest BCUT2D eigenvalue weighted by molar-refractivity contribution is -0.116. The predicted octanol–water partition coefficient (Wildman–Crippen LogP) is 2.74. The molecule has 3 N–H and O–H groups in total. The second-order valence-corrected chi connectivity index (χ2v) is 6.11. The Hall–Kier alpha value is -2.11. The summed E-state index contributed by atoms with van der Waals surface area (Å²) in [6.07, 6.45) is 8.47. The summed E-state index contributed by atoms with van der Waals surface area (Å²) < 4.78 is 0. The molecule has 6 heteroatoms. The van der Waals surface area contributed by atoms with Gasteiger partial charge in [-0.1, -0.05) is 25.3 Å². The third-order valence-corrected chi connectivity index (χ3v) is 3.99. The number of nitrogens with zero attached hydrogens (tertiary/aromatic N) is 1. The highest BCUT2D eigenvalue weighted by atomic mass is 16.2. The summed E-state index contributed by atoms with van der Waals surface area (Å²) in [5, 5.41) is 8.55. The average Bonchev–Trinajstić information content (AvgIpc) is 2.55. The number of aryl methyl sites for hydroxylation is 1. The number of anilines is 1. The molecule has 1 heterocycles. The third-order valence-electron chi connectivity index (χ3n) is 3.99. The number of hydrogen-bond donors (Lipinski definition) is 3. The molecule has 1 fully saturated rings. The molecule has 0 saturated heterocycles. The van der Waals surface area contributed by atoms with E-state index in [9.17, 15) is 9.59 Å². The van der Waals surface area contributed by atoms with E-state index in [0.29, 0.717) is 31.2 Å². The van der Waals surface area contributed by atoms with Crippen molar-refractivity contribution in [2.24, 2.45) is 0 Å². The van der Waals surface area contributed by atoms with Gasteiger partial charge in [0.1, 0.15) is 5.82 Å². The molecule has 3 amide bonds. The second kappa shape index (κ2) is 9.12. The van der Waals surface area contributed by atoms with E-state index in [2.05, 4.69) is 20.9 Å². The van der Waals surface area contributed by atoms with Gasteiger partial charge in [0.05, 0.1) is 0 Å². The summed E-state index contributed by atoms with van der Waals surface area (Å²) in [7, 11) is 0. The van der Waals surface area contributed by atoms with Crippen LogP contribution in [0.2, 0.25) is 0 Å². The highest BCUT2D eigenvalue weighted by Gasteiger charge is 2.15. The van der Waals surface area contributed by atoms with Crippen molar-refractivity contribution in [3.8, 4) is 0 Å². The number of pyridine rings is 1. The van der Waals surface area contributed by atoms with Gasteiger partial charge in [-0.2, -0.15) is 0 Å². The Bertz CT molecular complexity index is 510. The fourth-order valence-electron chi connectivity index (χ4n) is 2.68. The van der Waals surface area contributed by atoms with E-state index < -0.39 is 0 Å². The first-order chi connectivity index (χ1) is 11.1. The Balaban J connectivity index is 1.56. The summed E-state index contributed by atoms with van der Waals surface area (Å²) in [5.74, 6) is 0.472. The molecule has 126 valence electrons. The molecule has 0 unspecified atom stereocenters. The molecule has 0 bridgehead atoms. The van der Waals surface area contributed by atoms with E-state index in [1.807, 2.05) is 13.0 Å². The minimum absolute atomic E-state index is 0.0872. The van der Waals surface area contributed by atoms with Gasteiger partial charge in [0.25, 0.3) is 0 Å². The van der Waals surface area contributed by atoms with E-state index in [4.69, 9.17) is 0 Å². The van der Waals surface area contributed by atoms with Crippen molar-refractivity contribution in [3.05, 3.63) is 23.9 Å². The first-order valence-corrected chi connectivity index (χ1v) is 8.40. The molecule has 0 atom stereocenters. The molecule has 1 aliphatic rings. The van der Waals surface area contributed by atoms with Crippen LogP contribution in [0.5, 0.6) is 0 Å². The minimum atomic E-state index is -0.127. The van der Waals surface area contributed by atoms with Gasteiger partial charge < -0.3 is 16.0 Å². The molecular weight excluding hydrogens is 292 g/mol. The third kappa shape index (κ3) is 6.67. The van der Waals surface area contributed by atoms with Crippen LogP contribution >= 0.6 is 0 Å². The summed E-state index contributed by atoms with van der Waals surface area (Å²) >= 11 is 0. The molecule has 0 aromatic carbocycles. The molecule has 1 aliphatic carbocycles. The lowest BCUT2D eigenvalue weighted by Gasteiger charge is -2.22. The van der Waals surface area contributed by atoms with Gasteiger partial charge >= 0.3 is 6.03 Å². The largest absolute Gasteiger partial charge is 0.338 e. The van der Waals surface area contributed by atoms with Gasteiger partial charge in [-0.15, -0.1) is 0 Å². The lowest BCUT2D eigenvalue weighted by Crippen LogP contribution is -2.43. The summed E-state index contributed by atoms with van der Waals surface area (Å²) in [6.45, 7) is 2.44. The zero-order valence-electron chi connectivity index (χ0n) is 13.7. The number of hydrogen-bond acceptors (Lipinski definition) is 3. The maximum atomic E-state index is 11.8. The Kier molecular flexibility index (Phi) is 6.84. The van der Waals surface area contributed by atoms with E-state index in [1.54, 1.807) is 12.3 Å². The van der Waals surface area contributed by atoms with E-state index in [-0.39, 0.29) is 11.9 Å². The van der Waals surface area contributed by atoms with E-state index in [0.717, 1.165) is 18.4 Å². The maximum Gasteiger partial charge on any atom is 0.315 e. The number of rotatable bonds is 6. The van der Waals surface area contributed by atoms with Crippen LogP contribution < -0.4 is 16.0 Å². The van der Waals surface area contributed by atoms with Gasteiger partial charge in [0.2, 0.25) is 5.91 Å². The van der Waals surface area contributed by atoms with Gasteiger partial charge in [-0.25, -0.2) is 9.78 Å². The zero-order chi connectivity index (χ0) is 16.5. The van der Waals surface area contributed by atoms with Gasteiger partial charge in [0, 0.05) is 25.2 Å². The van der Waals surface area contributed by atoms with Crippen molar-refractivity contribution in [2.75, 3.05) is 11.9 Å². The van der Waals surface area contributed by atoms with Crippen molar-refractivity contribution in [3.63, 3.8) is 0 Å². The molecule has 0 radical (unpaired) electrons. The maximum absolute atomic E-state index is 11.8. The molecular formula is C17H26N4O2. The Morgan fingerprint density at radius 3 is 2.70 bits per heavy atom. The predicted molar refractivity (Wildman–Crippen MR) is 90.2 cm³/mol. The average molecular weight is 318 g/mol. The molecule has 2 rings (SSSR count). The number of urea groups is 1. The standard InChI is InChI=1S/C17H26N4O2/c1-13-9-10-15(19-12-13)21-16(22)8-5-11-18-17(23)20-14-6-3-2-4-7-14/h9-10,12,14H,2-8,11H2,1H3,(H2,18,20,23)(H,19,21,22). The van der Waals surface area contributed by atoms with Crippen molar-refractivity contribution >= 4 is 17.8 Å². The Labute approximate surface area is 137 Å². The normalized spacial score (nSPS) is 15.0. The minimum Gasteiger partial charge on any atom is -0.338 e. The van der Waals surface area contributed by atoms with Crippen molar-refractivity contribution in [2.45, 2.75) is 57.9 Å². The van der Waals surface area contributed by atoms with Crippen LogP contribution in [0.1, 0.15) is 50.5 Å². The first-order valence-electron chi connectivity index (χ1n) is 8.40. The van der Waals surface area contributed by atoms with Crippen molar-refractivity contribution in [1.82, 2.24) is 15.6 Å². The van der Waals surface area contributed by atoms with Gasteiger partial charge in [0.15, 0.2) is 0 Å². The number of amides is 3. The smallest absolute Gasteiger partial charge is 0.315 e. The molecule has 1 aromatic heterocycles. The lowest BCUT2D eigenvalue weighted by atomic mass is 9.96. The van der Waals surface area contributed by atoms with E-state index >= 15 is 0 Å². The van der Waals surface area contributed by atoms with Crippen molar-refractivity contribution in [1.29, 1.82) is 0 Å². The number of carbonyl (C=O) groups is 2. The van der Waals surface area contributed by atoms with Crippen molar-refractivity contribution < 1.29 is 9.59 Å². The Morgan fingerprint density at radius 2 is 2.00 bits per heavy atom. The zero-order valence-corrected chi connectivity index (χ0v) is 13.7. The molecule has 0 spiro atoms. The molecule has 0 aliphatic heterocycles. The van der Waals surface area contributed by atoms with Crippen LogP contribution in [0.4, 0.5) is 10.6 Å². The highest BCUT2D eigenvalue weighted by Crippen LogP contribution is 2.17. The summed E-state index contributed by atoms with van der Waals surface area (Å²) in [5.41, 5.74) is 1.05. The summed E-state index contributed by atoms with van der Waals surface area (Å²) in [4.78, 5) is 27.7. The fraction of sp³-hybridized carbons (Fsp3) is 0.588. The van der Waals surface area contributed by atoms with Crippen LogP contribution in [0, 0.1) is 6.92 Å². The molecule has 6 nitrogen and oxygen atoms in total. The molecule has 1 saturated carbocycles. The highest BCUT2D eigenvalue weighted by molar-refractivity contribution is 5.89. The van der Waals surface area contributed by atoms with E-state index in [1.165, 1.54) is 19.3 Å². The van der Waals surface area contributed by atoms with Gasteiger partial charge in [-0.05, 0) is 37.8 Å². The SMILES string of the molecule is Cc1ccc(NC(=O)CCCNC(=O)NC2CCCCC2)nc1. The second-order valence-electron chi connectivity index (χ2n) is 6.11. The first kappa shape index (κ1) is 17.2. The topological polar surface area (TPSA) is 83.1 Å². The quantitative estimate of drug-likeness (QED) is 0.705. The van der Waals surface area contributed by atoms with Crippen LogP contribution in [0.15, 0.2) is 18.3 Å². The number of carbonyl (C=O) groups excluding carboxylic acids is 2. The van der Waals surface area contributed by atoms with Crippen LogP contribution in [-0.2, 0) is 4.79 Å². The number of nitrogens with one attached hydrogen (secondary N) is 3. The monoisotopic (exact) mass is 318 g/mol. The molecule has 23 heavy (non-hydrogen) atoms. The molecule has 1 aromatic rings. The van der Waals surface area contributed by atoms with Gasteiger partial charge in [-0.3, -0.25) is 4.79 Å².